The minimum atomic E-state index is -0.123. The van der Waals surface area contributed by atoms with Crippen LogP contribution in [-0.4, -0.2) is 43.0 Å². The average Bonchev–Trinajstić information content (AvgIpc) is 2.53. The molecule has 1 fully saturated rings. The van der Waals surface area contributed by atoms with E-state index in [1.165, 1.54) is 5.69 Å². The molecule has 23 heavy (non-hydrogen) atoms. The molecule has 1 amide bonds. The van der Waals surface area contributed by atoms with E-state index in [2.05, 4.69) is 29.2 Å². The number of halogens is 2. The quantitative estimate of drug-likeness (QED) is 0.896. The highest BCUT2D eigenvalue weighted by atomic mass is 35.5. The normalized spacial score (nSPS) is 19.8. The summed E-state index contributed by atoms with van der Waals surface area (Å²) in [4.78, 5) is 16.7. The molecule has 1 aromatic carbocycles. The smallest absolute Gasteiger partial charge is 0.227 e. The average molecular weight is 362 g/mol. The Bertz CT molecular complexity index is 470. The summed E-state index contributed by atoms with van der Waals surface area (Å²) in [5.74, 6) is 0.0343. The number of nitrogens with two attached hydrogens (primary N) is 1. The van der Waals surface area contributed by atoms with Crippen LogP contribution in [0.15, 0.2) is 30.3 Å². The number of hydrogen-bond donors (Lipinski definition) is 1. The second kappa shape index (κ2) is 10.0. The second-order valence-electron chi connectivity index (χ2n) is 6.17. The summed E-state index contributed by atoms with van der Waals surface area (Å²) in [6.07, 6.45) is 2.18. The molecule has 3 unspecified atom stereocenters. The van der Waals surface area contributed by atoms with Crippen LogP contribution in [0.2, 0.25) is 0 Å². The van der Waals surface area contributed by atoms with E-state index in [4.69, 9.17) is 5.73 Å². The Kier molecular flexibility index (Phi) is 9.59. The zero-order chi connectivity index (χ0) is 15.4. The maximum atomic E-state index is 12.5. The van der Waals surface area contributed by atoms with Crippen LogP contribution in [0, 0.1) is 5.92 Å². The molecular weight excluding hydrogens is 333 g/mol. The van der Waals surface area contributed by atoms with Gasteiger partial charge in [-0.1, -0.05) is 25.1 Å². The molecule has 2 rings (SSSR count). The van der Waals surface area contributed by atoms with Gasteiger partial charge in [-0.2, -0.15) is 0 Å². The standard InChI is InChI=1S/C17H27N3O.2ClH/c1-13(14(2)18)17(21)19(3)16-10-7-11-20(12-16)15-8-5-4-6-9-15;;/h4-6,8-9,13-14,16H,7,10-12,18H2,1-3H3;2*1H. The summed E-state index contributed by atoms with van der Waals surface area (Å²) in [6.45, 7) is 5.78. The van der Waals surface area contributed by atoms with E-state index in [0.29, 0.717) is 0 Å². The number of para-hydroxylation sites is 1. The number of amides is 1. The Morgan fingerprint density at radius 1 is 1.26 bits per heavy atom. The van der Waals surface area contributed by atoms with Gasteiger partial charge in [-0.05, 0) is 31.9 Å². The number of likely N-dealkylation sites (N-methyl/N-ethyl adjacent to an activating group) is 1. The minimum Gasteiger partial charge on any atom is -0.369 e. The number of piperidine rings is 1. The molecule has 0 radical (unpaired) electrons. The third-order valence-electron chi connectivity index (χ3n) is 4.59. The summed E-state index contributed by atoms with van der Waals surface area (Å²) in [5.41, 5.74) is 7.10. The monoisotopic (exact) mass is 361 g/mol. The Hall–Kier alpha value is -0.970. The lowest BCUT2D eigenvalue weighted by Crippen LogP contribution is -2.51. The van der Waals surface area contributed by atoms with Gasteiger partial charge in [0.1, 0.15) is 0 Å². The van der Waals surface area contributed by atoms with Crippen molar-refractivity contribution < 1.29 is 4.79 Å². The number of benzene rings is 1. The molecule has 132 valence electrons. The molecule has 1 aliphatic heterocycles. The summed E-state index contributed by atoms with van der Waals surface area (Å²) < 4.78 is 0. The van der Waals surface area contributed by atoms with Crippen LogP contribution in [0.5, 0.6) is 0 Å². The zero-order valence-corrected chi connectivity index (χ0v) is 15.8. The maximum Gasteiger partial charge on any atom is 0.227 e. The summed E-state index contributed by atoms with van der Waals surface area (Å²) in [5, 5.41) is 0. The predicted molar refractivity (Wildman–Crippen MR) is 102 cm³/mol. The Morgan fingerprint density at radius 2 is 1.87 bits per heavy atom. The number of anilines is 1. The Balaban J connectivity index is 0.00000242. The molecule has 0 spiro atoms. The highest BCUT2D eigenvalue weighted by molar-refractivity contribution is 5.85. The SMILES string of the molecule is CC(N)C(C)C(=O)N(C)C1CCCN(c2ccccc2)C1.Cl.Cl. The van der Waals surface area contributed by atoms with Crippen LogP contribution in [0.4, 0.5) is 5.69 Å². The van der Waals surface area contributed by atoms with Gasteiger partial charge in [0.25, 0.3) is 0 Å². The van der Waals surface area contributed by atoms with Gasteiger partial charge < -0.3 is 15.5 Å². The van der Waals surface area contributed by atoms with Crippen LogP contribution < -0.4 is 10.6 Å². The highest BCUT2D eigenvalue weighted by Crippen LogP contribution is 2.22. The molecular formula is C17H29Cl2N3O. The fraction of sp³-hybridized carbons (Fsp3) is 0.588. The summed E-state index contributed by atoms with van der Waals surface area (Å²) in [7, 11) is 1.92. The van der Waals surface area contributed by atoms with Gasteiger partial charge in [-0.3, -0.25) is 4.79 Å². The van der Waals surface area contributed by atoms with Crippen molar-refractivity contribution in [3.05, 3.63) is 30.3 Å². The molecule has 0 bridgehead atoms. The van der Waals surface area contributed by atoms with Crippen molar-refractivity contribution >= 4 is 36.4 Å². The van der Waals surface area contributed by atoms with E-state index >= 15 is 0 Å². The molecule has 6 heteroatoms. The largest absolute Gasteiger partial charge is 0.369 e. The second-order valence-corrected chi connectivity index (χ2v) is 6.17. The fourth-order valence-corrected chi connectivity index (χ4v) is 2.87. The third kappa shape index (κ3) is 5.55. The minimum absolute atomic E-state index is 0. The predicted octanol–water partition coefficient (Wildman–Crippen LogP) is 2.94. The van der Waals surface area contributed by atoms with Gasteiger partial charge in [0, 0.05) is 37.9 Å². The van der Waals surface area contributed by atoms with Gasteiger partial charge in [-0.25, -0.2) is 0 Å². The molecule has 4 nitrogen and oxygen atoms in total. The first-order valence-corrected chi connectivity index (χ1v) is 7.83. The summed E-state index contributed by atoms with van der Waals surface area (Å²) in [6, 6.07) is 10.6. The first-order chi connectivity index (χ1) is 10.0. The van der Waals surface area contributed by atoms with Crippen LogP contribution in [0.1, 0.15) is 26.7 Å². The molecule has 1 aliphatic rings. The maximum absolute atomic E-state index is 12.5. The van der Waals surface area contributed by atoms with Crippen molar-refractivity contribution in [2.75, 3.05) is 25.0 Å². The van der Waals surface area contributed by atoms with Gasteiger partial charge in [0.2, 0.25) is 5.91 Å². The molecule has 2 N–H and O–H groups in total. The van der Waals surface area contributed by atoms with Crippen LogP contribution in [0.25, 0.3) is 0 Å². The van der Waals surface area contributed by atoms with E-state index in [0.717, 1.165) is 25.9 Å². The van der Waals surface area contributed by atoms with E-state index in [9.17, 15) is 4.79 Å². The zero-order valence-electron chi connectivity index (χ0n) is 14.1. The lowest BCUT2D eigenvalue weighted by atomic mass is 9.99. The lowest BCUT2D eigenvalue weighted by Gasteiger charge is -2.40. The topological polar surface area (TPSA) is 49.6 Å². The lowest BCUT2D eigenvalue weighted by molar-refractivity contribution is -0.136. The number of rotatable bonds is 4. The molecule has 1 saturated heterocycles. The summed E-state index contributed by atoms with van der Waals surface area (Å²) >= 11 is 0. The Morgan fingerprint density at radius 3 is 2.43 bits per heavy atom. The number of carbonyl (C=O) groups excluding carboxylic acids is 1. The Labute approximate surface area is 152 Å². The van der Waals surface area contributed by atoms with E-state index in [1.54, 1.807) is 0 Å². The van der Waals surface area contributed by atoms with Crippen LogP contribution in [-0.2, 0) is 4.79 Å². The van der Waals surface area contributed by atoms with Crippen molar-refractivity contribution in [1.82, 2.24) is 4.90 Å². The van der Waals surface area contributed by atoms with Gasteiger partial charge in [0.15, 0.2) is 0 Å². The van der Waals surface area contributed by atoms with E-state index in [1.807, 2.05) is 31.9 Å². The first-order valence-electron chi connectivity index (χ1n) is 7.83. The van der Waals surface area contributed by atoms with Gasteiger partial charge in [0.05, 0.1) is 5.92 Å². The van der Waals surface area contributed by atoms with Crippen LogP contribution >= 0.6 is 24.8 Å². The number of nitrogens with zero attached hydrogens (tertiary/aromatic N) is 2. The van der Waals surface area contributed by atoms with Crippen molar-refractivity contribution in [3.8, 4) is 0 Å². The fourth-order valence-electron chi connectivity index (χ4n) is 2.87. The highest BCUT2D eigenvalue weighted by Gasteiger charge is 2.29. The molecule has 1 aromatic rings. The molecule has 0 aromatic heterocycles. The van der Waals surface area contributed by atoms with Crippen molar-refractivity contribution in [2.24, 2.45) is 11.7 Å². The number of hydrogen-bond acceptors (Lipinski definition) is 3. The van der Waals surface area contributed by atoms with E-state index < -0.39 is 0 Å². The van der Waals surface area contributed by atoms with Gasteiger partial charge in [-0.15, -0.1) is 24.8 Å². The number of carbonyl (C=O) groups is 1. The third-order valence-corrected chi connectivity index (χ3v) is 4.59. The first kappa shape index (κ1) is 22.0. The molecule has 3 atom stereocenters. The van der Waals surface area contributed by atoms with Gasteiger partial charge >= 0.3 is 0 Å². The van der Waals surface area contributed by atoms with E-state index in [-0.39, 0.29) is 48.7 Å². The van der Waals surface area contributed by atoms with Crippen molar-refractivity contribution in [1.29, 1.82) is 0 Å². The van der Waals surface area contributed by atoms with Crippen molar-refractivity contribution in [2.45, 2.75) is 38.8 Å². The molecule has 0 saturated carbocycles. The molecule has 0 aliphatic carbocycles. The molecule has 1 heterocycles. The van der Waals surface area contributed by atoms with Crippen LogP contribution in [0.3, 0.4) is 0 Å². The van der Waals surface area contributed by atoms with Crippen molar-refractivity contribution in [3.63, 3.8) is 0 Å².